The monoisotopic (exact) mass is 321 g/mol. The number of amides is 2. The van der Waals surface area contributed by atoms with Gasteiger partial charge in [-0.05, 0) is 19.9 Å². The molecule has 9 nitrogen and oxygen atoms in total. The van der Waals surface area contributed by atoms with E-state index in [1.807, 2.05) is 0 Å². The molecule has 0 radical (unpaired) electrons. The molecule has 3 N–H and O–H groups in total. The number of ether oxygens (including phenoxy) is 1. The number of benzene rings is 1. The lowest BCUT2D eigenvalue weighted by atomic mass is 9.94. The molecule has 0 bridgehead atoms. The maximum atomic E-state index is 12.1. The number of urea groups is 1. The number of esters is 1. The largest absolute Gasteiger partial charge is 0.508 e. The smallest absolute Gasteiger partial charge is 0.338 e. The normalized spacial score (nSPS) is 17.3. The summed E-state index contributed by atoms with van der Waals surface area (Å²) in [6.07, 6.45) is 0. The van der Waals surface area contributed by atoms with Crippen LogP contribution in [0, 0.1) is 10.1 Å². The number of allylic oxidation sites excluding steroid dienone is 1. The first-order valence-electron chi connectivity index (χ1n) is 6.77. The summed E-state index contributed by atoms with van der Waals surface area (Å²) in [4.78, 5) is 34.1. The second-order valence-corrected chi connectivity index (χ2v) is 4.79. The molecule has 0 saturated heterocycles. The van der Waals surface area contributed by atoms with Crippen molar-refractivity contribution < 1.29 is 24.4 Å². The summed E-state index contributed by atoms with van der Waals surface area (Å²) in [5.74, 6) is -0.967. The molecule has 2 rings (SSSR count). The number of carbonyl (C=O) groups excluding carboxylic acids is 2. The predicted molar refractivity (Wildman–Crippen MR) is 78.5 cm³/mol. The molecule has 1 heterocycles. The van der Waals surface area contributed by atoms with Crippen molar-refractivity contribution in [2.45, 2.75) is 19.9 Å². The first-order chi connectivity index (χ1) is 10.8. The molecule has 0 aliphatic carbocycles. The highest BCUT2D eigenvalue weighted by atomic mass is 16.6. The number of phenols is 1. The van der Waals surface area contributed by atoms with Crippen molar-refractivity contribution in [1.82, 2.24) is 10.6 Å². The van der Waals surface area contributed by atoms with Crippen molar-refractivity contribution >= 4 is 17.7 Å². The van der Waals surface area contributed by atoms with Crippen LogP contribution in [0.5, 0.6) is 5.75 Å². The zero-order chi connectivity index (χ0) is 17.1. The number of aromatic hydroxyl groups is 1. The second kappa shape index (κ2) is 6.34. The van der Waals surface area contributed by atoms with E-state index in [1.165, 1.54) is 6.92 Å². The average Bonchev–Trinajstić information content (AvgIpc) is 2.46. The predicted octanol–water partition coefficient (Wildman–Crippen LogP) is 1.49. The lowest BCUT2D eigenvalue weighted by Gasteiger charge is -2.28. The Balaban J connectivity index is 2.56. The quantitative estimate of drug-likeness (QED) is 0.437. The number of carbonyl (C=O) groups is 2. The van der Waals surface area contributed by atoms with Crippen LogP contribution in [0.25, 0.3) is 0 Å². The van der Waals surface area contributed by atoms with E-state index in [9.17, 15) is 24.8 Å². The van der Waals surface area contributed by atoms with E-state index in [2.05, 4.69) is 10.6 Å². The maximum absolute atomic E-state index is 12.1. The Morgan fingerprint density at radius 2 is 2.17 bits per heavy atom. The number of rotatable bonds is 4. The van der Waals surface area contributed by atoms with Crippen LogP contribution in [0.15, 0.2) is 29.5 Å². The van der Waals surface area contributed by atoms with Crippen molar-refractivity contribution in [1.29, 1.82) is 0 Å². The number of hydrogen-bond acceptors (Lipinski definition) is 6. The molecule has 0 aromatic heterocycles. The molecule has 9 heteroatoms. The molecule has 1 aromatic carbocycles. The summed E-state index contributed by atoms with van der Waals surface area (Å²) >= 11 is 0. The fourth-order valence-electron chi connectivity index (χ4n) is 2.29. The molecular formula is C14H15N3O6. The molecule has 0 saturated carbocycles. The number of nitro groups is 1. The van der Waals surface area contributed by atoms with Gasteiger partial charge < -0.3 is 20.5 Å². The molecule has 0 spiro atoms. The Kier molecular flexibility index (Phi) is 4.49. The van der Waals surface area contributed by atoms with Crippen molar-refractivity contribution in [2.75, 3.05) is 6.61 Å². The number of nitro benzene ring substituents is 1. The highest BCUT2D eigenvalue weighted by molar-refractivity contribution is 5.95. The number of nitrogens with zero attached hydrogens (tertiary/aromatic N) is 1. The van der Waals surface area contributed by atoms with Gasteiger partial charge in [0.15, 0.2) is 0 Å². The lowest BCUT2D eigenvalue weighted by Crippen LogP contribution is -2.45. The first kappa shape index (κ1) is 16.3. The minimum Gasteiger partial charge on any atom is -0.508 e. The first-order valence-corrected chi connectivity index (χ1v) is 6.77. The number of non-ortho nitro benzene ring substituents is 1. The molecule has 23 heavy (non-hydrogen) atoms. The van der Waals surface area contributed by atoms with Crippen LogP contribution in [0.1, 0.15) is 25.5 Å². The molecule has 1 aliphatic heterocycles. The van der Waals surface area contributed by atoms with Crippen LogP contribution in [0.3, 0.4) is 0 Å². The average molecular weight is 321 g/mol. The lowest BCUT2D eigenvalue weighted by molar-refractivity contribution is -0.385. The van der Waals surface area contributed by atoms with Gasteiger partial charge in [-0.2, -0.15) is 0 Å². The van der Waals surface area contributed by atoms with E-state index in [0.717, 1.165) is 18.2 Å². The summed E-state index contributed by atoms with van der Waals surface area (Å²) in [5.41, 5.74) is 0.0910. The standard InChI is InChI=1S/C14H15N3O6/c1-3-23-13(19)11-7(2)15-14(20)16-12(11)9-6-8(17(21)22)4-5-10(9)18/h4-6,12,18H,3H2,1-2H3,(H2,15,16,20). The van der Waals surface area contributed by atoms with Gasteiger partial charge in [0.1, 0.15) is 5.75 Å². The zero-order valence-electron chi connectivity index (χ0n) is 12.5. The summed E-state index contributed by atoms with van der Waals surface area (Å²) < 4.78 is 4.95. The van der Waals surface area contributed by atoms with Crippen molar-refractivity contribution in [3.8, 4) is 5.75 Å². The maximum Gasteiger partial charge on any atom is 0.338 e. The SMILES string of the molecule is CCOC(=O)C1=C(C)NC(=O)NC1c1cc([N+](=O)[O-])ccc1O. The zero-order valence-corrected chi connectivity index (χ0v) is 12.5. The van der Waals surface area contributed by atoms with Gasteiger partial charge in [-0.25, -0.2) is 9.59 Å². The third kappa shape index (κ3) is 3.23. The van der Waals surface area contributed by atoms with Gasteiger partial charge in [0.25, 0.3) is 5.69 Å². The summed E-state index contributed by atoms with van der Waals surface area (Å²) in [7, 11) is 0. The Bertz CT molecular complexity index is 712. The Labute approximate surface area is 131 Å². The third-order valence-electron chi connectivity index (χ3n) is 3.30. The van der Waals surface area contributed by atoms with E-state index in [-0.39, 0.29) is 34.9 Å². The Hall–Kier alpha value is -3.10. The molecule has 0 fully saturated rings. The molecule has 2 amide bonds. The van der Waals surface area contributed by atoms with Crippen LogP contribution < -0.4 is 10.6 Å². The highest BCUT2D eigenvalue weighted by Gasteiger charge is 2.34. The minimum atomic E-state index is -1.05. The van der Waals surface area contributed by atoms with Crippen LogP contribution in [-0.4, -0.2) is 28.6 Å². The van der Waals surface area contributed by atoms with Crippen LogP contribution in [0.4, 0.5) is 10.5 Å². The number of nitrogens with one attached hydrogen (secondary N) is 2. The van der Waals surface area contributed by atoms with Crippen LogP contribution >= 0.6 is 0 Å². The Morgan fingerprint density at radius 3 is 2.78 bits per heavy atom. The van der Waals surface area contributed by atoms with Gasteiger partial charge in [-0.15, -0.1) is 0 Å². The molecule has 1 atom stereocenters. The van der Waals surface area contributed by atoms with Crippen molar-refractivity contribution in [3.05, 3.63) is 45.1 Å². The van der Waals surface area contributed by atoms with Crippen LogP contribution in [0.2, 0.25) is 0 Å². The minimum absolute atomic E-state index is 0.0384. The topological polar surface area (TPSA) is 131 Å². The second-order valence-electron chi connectivity index (χ2n) is 4.79. The van der Waals surface area contributed by atoms with Crippen LogP contribution in [-0.2, 0) is 9.53 Å². The Morgan fingerprint density at radius 1 is 1.48 bits per heavy atom. The van der Waals surface area contributed by atoms with E-state index in [4.69, 9.17) is 4.74 Å². The number of hydrogen-bond donors (Lipinski definition) is 3. The fraction of sp³-hybridized carbons (Fsp3) is 0.286. The van der Waals surface area contributed by atoms with Gasteiger partial charge in [-0.1, -0.05) is 0 Å². The van der Waals surface area contributed by atoms with Crippen molar-refractivity contribution in [3.63, 3.8) is 0 Å². The van der Waals surface area contributed by atoms with Gasteiger partial charge in [0.05, 0.1) is 23.1 Å². The summed E-state index contributed by atoms with van der Waals surface area (Å²) in [5, 5.41) is 25.8. The van der Waals surface area contributed by atoms with E-state index >= 15 is 0 Å². The molecule has 122 valence electrons. The highest BCUT2D eigenvalue weighted by Crippen LogP contribution is 2.35. The fourth-order valence-corrected chi connectivity index (χ4v) is 2.29. The molecule has 1 unspecified atom stereocenters. The van der Waals surface area contributed by atoms with Gasteiger partial charge in [0.2, 0.25) is 0 Å². The van der Waals surface area contributed by atoms with Gasteiger partial charge in [0, 0.05) is 23.4 Å². The molecule has 1 aromatic rings. The third-order valence-corrected chi connectivity index (χ3v) is 3.30. The van der Waals surface area contributed by atoms with E-state index < -0.39 is 23.0 Å². The molecular weight excluding hydrogens is 306 g/mol. The molecule has 1 aliphatic rings. The van der Waals surface area contributed by atoms with E-state index in [0.29, 0.717) is 0 Å². The van der Waals surface area contributed by atoms with Gasteiger partial charge in [-0.3, -0.25) is 10.1 Å². The summed E-state index contributed by atoms with van der Waals surface area (Å²) in [6.45, 7) is 3.26. The van der Waals surface area contributed by atoms with E-state index in [1.54, 1.807) is 6.92 Å². The van der Waals surface area contributed by atoms with Gasteiger partial charge >= 0.3 is 12.0 Å². The summed E-state index contributed by atoms with van der Waals surface area (Å²) in [6, 6.07) is 1.73. The van der Waals surface area contributed by atoms with Crippen molar-refractivity contribution in [2.24, 2.45) is 0 Å². The number of phenolic OH excluding ortho intramolecular Hbond substituents is 1.